The monoisotopic (exact) mass is 409 g/mol. The summed E-state index contributed by atoms with van der Waals surface area (Å²) in [6, 6.07) is 7.75. The molecule has 8 heteroatoms. The van der Waals surface area contributed by atoms with Gasteiger partial charge in [-0.25, -0.2) is 0 Å². The van der Waals surface area contributed by atoms with Crippen LogP contribution in [0.4, 0.5) is 0 Å². The number of amides is 1. The van der Waals surface area contributed by atoms with Crippen molar-refractivity contribution in [3.63, 3.8) is 0 Å². The SMILES string of the molecule is CN(C)CCCN1C(=O)C(=O)/C(=C(/O)c2ccc3c(c2)OCO3)[C@H]1c1ccncc1. The highest BCUT2D eigenvalue weighted by atomic mass is 16.7. The van der Waals surface area contributed by atoms with Gasteiger partial charge in [-0.15, -0.1) is 0 Å². The van der Waals surface area contributed by atoms with Crippen molar-refractivity contribution in [1.82, 2.24) is 14.8 Å². The summed E-state index contributed by atoms with van der Waals surface area (Å²) < 4.78 is 10.7. The van der Waals surface area contributed by atoms with Gasteiger partial charge in [-0.2, -0.15) is 0 Å². The summed E-state index contributed by atoms with van der Waals surface area (Å²) in [6.45, 7) is 1.27. The number of rotatable bonds is 6. The van der Waals surface area contributed by atoms with Crippen molar-refractivity contribution < 1.29 is 24.2 Å². The molecule has 8 nitrogen and oxygen atoms in total. The van der Waals surface area contributed by atoms with Gasteiger partial charge in [-0.1, -0.05) is 0 Å². The molecule has 1 saturated heterocycles. The number of hydrogen-bond acceptors (Lipinski definition) is 7. The van der Waals surface area contributed by atoms with E-state index in [2.05, 4.69) is 4.98 Å². The Morgan fingerprint density at radius 1 is 1.17 bits per heavy atom. The van der Waals surface area contributed by atoms with Gasteiger partial charge < -0.3 is 24.4 Å². The van der Waals surface area contributed by atoms with Crippen LogP contribution in [0.1, 0.15) is 23.6 Å². The second kappa shape index (κ2) is 8.16. The molecule has 0 spiro atoms. The molecule has 4 rings (SSSR count). The first kappa shape index (κ1) is 19.9. The van der Waals surface area contributed by atoms with Gasteiger partial charge in [0, 0.05) is 24.5 Å². The number of hydrogen-bond donors (Lipinski definition) is 1. The highest BCUT2D eigenvalue weighted by Crippen LogP contribution is 2.41. The summed E-state index contributed by atoms with van der Waals surface area (Å²) in [7, 11) is 3.90. The molecule has 1 amide bonds. The largest absolute Gasteiger partial charge is 0.507 e. The number of ether oxygens (including phenoxy) is 2. The van der Waals surface area contributed by atoms with Gasteiger partial charge in [0.15, 0.2) is 11.5 Å². The van der Waals surface area contributed by atoms with Crippen molar-refractivity contribution in [2.24, 2.45) is 0 Å². The van der Waals surface area contributed by atoms with Crippen LogP contribution in [0.15, 0.2) is 48.3 Å². The zero-order chi connectivity index (χ0) is 21.3. The Labute approximate surface area is 174 Å². The maximum Gasteiger partial charge on any atom is 0.295 e. The summed E-state index contributed by atoms with van der Waals surface area (Å²) in [4.78, 5) is 33.4. The van der Waals surface area contributed by atoms with Crippen molar-refractivity contribution in [2.75, 3.05) is 34.0 Å². The van der Waals surface area contributed by atoms with E-state index in [1.54, 1.807) is 42.7 Å². The van der Waals surface area contributed by atoms with Crippen molar-refractivity contribution in [2.45, 2.75) is 12.5 Å². The molecule has 1 atom stereocenters. The number of aliphatic hydroxyl groups excluding tert-OH is 1. The van der Waals surface area contributed by atoms with Crippen molar-refractivity contribution in [3.8, 4) is 11.5 Å². The maximum atomic E-state index is 13.0. The third kappa shape index (κ3) is 3.61. The fourth-order valence-electron chi connectivity index (χ4n) is 3.76. The van der Waals surface area contributed by atoms with Crippen molar-refractivity contribution in [1.29, 1.82) is 0 Å². The Morgan fingerprint density at radius 3 is 2.63 bits per heavy atom. The molecule has 3 heterocycles. The minimum absolute atomic E-state index is 0.0647. The van der Waals surface area contributed by atoms with Crippen molar-refractivity contribution >= 4 is 17.4 Å². The van der Waals surface area contributed by atoms with E-state index >= 15 is 0 Å². The number of carbonyl (C=O) groups is 2. The average Bonchev–Trinajstić information content (AvgIpc) is 3.31. The van der Waals surface area contributed by atoms with E-state index in [0.29, 0.717) is 30.0 Å². The van der Waals surface area contributed by atoms with E-state index in [1.807, 2.05) is 19.0 Å². The minimum atomic E-state index is -0.697. The number of benzene rings is 1. The molecule has 0 radical (unpaired) electrons. The van der Waals surface area contributed by atoms with Crippen LogP contribution in [-0.4, -0.2) is 65.6 Å². The second-order valence-electron chi connectivity index (χ2n) is 7.50. The van der Waals surface area contributed by atoms with Crippen LogP contribution in [0.25, 0.3) is 5.76 Å². The molecule has 30 heavy (non-hydrogen) atoms. The molecule has 0 saturated carbocycles. The van der Waals surface area contributed by atoms with Gasteiger partial charge in [0.25, 0.3) is 11.7 Å². The lowest BCUT2D eigenvalue weighted by atomic mass is 9.96. The minimum Gasteiger partial charge on any atom is -0.507 e. The van der Waals surface area contributed by atoms with E-state index in [0.717, 1.165) is 12.1 Å². The molecule has 156 valence electrons. The quantitative estimate of drug-likeness (QED) is 0.444. The van der Waals surface area contributed by atoms with Gasteiger partial charge in [0.1, 0.15) is 5.76 Å². The lowest BCUT2D eigenvalue weighted by Gasteiger charge is -2.25. The predicted molar refractivity (Wildman–Crippen MR) is 109 cm³/mol. The topological polar surface area (TPSA) is 92.2 Å². The van der Waals surface area contributed by atoms with Crippen LogP contribution in [0.3, 0.4) is 0 Å². The van der Waals surface area contributed by atoms with Gasteiger partial charge >= 0.3 is 0 Å². The Balaban J connectivity index is 1.77. The van der Waals surface area contributed by atoms with Crippen LogP contribution < -0.4 is 9.47 Å². The van der Waals surface area contributed by atoms with E-state index in [-0.39, 0.29) is 18.1 Å². The zero-order valence-corrected chi connectivity index (χ0v) is 16.9. The smallest absolute Gasteiger partial charge is 0.295 e. The highest BCUT2D eigenvalue weighted by Gasteiger charge is 2.45. The van der Waals surface area contributed by atoms with Crippen LogP contribution in [-0.2, 0) is 9.59 Å². The number of ketones is 1. The molecular weight excluding hydrogens is 386 g/mol. The van der Waals surface area contributed by atoms with E-state index in [9.17, 15) is 14.7 Å². The van der Waals surface area contributed by atoms with Crippen LogP contribution >= 0.6 is 0 Å². The molecule has 0 unspecified atom stereocenters. The Hall–Kier alpha value is -3.39. The number of aliphatic hydroxyl groups is 1. The number of nitrogens with zero attached hydrogens (tertiary/aromatic N) is 3. The molecule has 1 aromatic heterocycles. The summed E-state index contributed by atoms with van der Waals surface area (Å²) in [5, 5.41) is 11.1. The van der Waals surface area contributed by atoms with Crippen LogP contribution in [0.5, 0.6) is 11.5 Å². The normalized spacial score (nSPS) is 19.7. The van der Waals surface area contributed by atoms with Crippen LogP contribution in [0, 0.1) is 0 Å². The van der Waals surface area contributed by atoms with Gasteiger partial charge in [-0.3, -0.25) is 14.6 Å². The number of Topliss-reactive ketones (excluding diaryl/α,β-unsaturated/α-hetero) is 1. The first-order chi connectivity index (χ1) is 14.5. The first-order valence-corrected chi connectivity index (χ1v) is 9.70. The zero-order valence-electron chi connectivity index (χ0n) is 16.9. The molecule has 0 bridgehead atoms. The first-order valence-electron chi connectivity index (χ1n) is 9.70. The van der Waals surface area contributed by atoms with Gasteiger partial charge in [-0.05, 0) is 63.0 Å². The number of fused-ring (bicyclic) bond motifs is 1. The summed E-state index contributed by atoms with van der Waals surface area (Å²) in [6.07, 6.45) is 3.91. The van der Waals surface area contributed by atoms with Crippen molar-refractivity contribution in [3.05, 3.63) is 59.4 Å². The second-order valence-corrected chi connectivity index (χ2v) is 7.50. The Bertz CT molecular complexity index is 1000. The predicted octanol–water partition coefficient (Wildman–Crippen LogP) is 2.18. The van der Waals surface area contributed by atoms with E-state index < -0.39 is 17.7 Å². The van der Waals surface area contributed by atoms with Crippen LogP contribution in [0.2, 0.25) is 0 Å². The third-order valence-electron chi connectivity index (χ3n) is 5.21. The fraction of sp³-hybridized carbons (Fsp3) is 0.318. The lowest BCUT2D eigenvalue weighted by molar-refractivity contribution is -0.139. The van der Waals surface area contributed by atoms with Gasteiger partial charge in [0.2, 0.25) is 6.79 Å². The number of pyridine rings is 1. The number of carbonyl (C=O) groups excluding carboxylic acids is 2. The summed E-state index contributed by atoms with van der Waals surface area (Å²) >= 11 is 0. The standard InChI is InChI=1S/C22H23N3O5/c1-24(2)10-3-11-25-19(14-6-8-23-9-7-14)18(21(27)22(25)28)20(26)15-4-5-16-17(12-15)30-13-29-16/h4-9,12,19,26H,3,10-11,13H2,1-2H3/b20-18+/t19-/m1/s1. The lowest BCUT2D eigenvalue weighted by Crippen LogP contribution is -2.32. The molecule has 1 N–H and O–H groups in total. The van der Waals surface area contributed by atoms with Gasteiger partial charge in [0.05, 0.1) is 11.6 Å². The molecule has 1 fully saturated rings. The molecule has 2 aromatic rings. The Kier molecular flexibility index (Phi) is 5.41. The Morgan fingerprint density at radius 2 is 1.90 bits per heavy atom. The number of aromatic nitrogens is 1. The molecule has 1 aromatic carbocycles. The molecule has 2 aliphatic rings. The molecule has 0 aliphatic carbocycles. The summed E-state index contributed by atoms with van der Waals surface area (Å²) in [5.41, 5.74) is 1.18. The highest BCUT2D eigenvalue weighted by molar-refractivity contribution is 6.46. The van der Waals surface area contributed by atoms with E-state index in [1.165, 1.54) is 4.90 Å². The molecule has 2 aliphatic heterocycles. The average molecular weight is 409 g/mol. The summed E-state index contributed by atoms with van der Waals surface area (Å²) in [5.74, 6) is -0.487. The number of likely N-dealkylation sites (tertiary alicyclic amines) is 1. The third-order valence-corrected chi connectivity index (χ3v) is 5.21. The molecular formula is C22H23N3O5. The fourth-order valence-corrected chi connectivity index (χ4v) is 3.76. The maximum absolute atomic E-state index is 13.0. The van der Waals surface area contributed by atoms with E-state index in [4.69, 9.17) is 9.47 Å².